The molecule has 0 amide bonds. The fraction of sp³-hybridized carbons (Fsp3) is 0.154. The van der Waals surface area contributed by atoms with Gasteiger partial charge in [-0.1, -0.05) is 37.6 Å². The topological polar surface area (TPSA) is 94.1 Å². The lowest BCUT2D eigenvalue weighted by molar-refractivity contribution is 0.567. The smallest absolute Gasteiger partial charge is 0.195 e. The fourth-order valence-electron chi connectivity index (χ4n) is 3.81. The van der Waals surface area contributed by atoms with Crippen LogP contribution < -0.4 is 0 Å². The Morgan fingerprint density at radius 2 is 1.03 bits per heavy atom. The minimum atomic E-state index is -4.19. The molecule has 6 nitrogen and oxygen atoms in total. The van der Waals surface area contributed by atoms with E-state index in [1.807, 2.05) is 0 Å². The van der Waals surface area contributed by atoms with Crippen LogP contribution in [0.5, 0.6) is 0 Å². The molecule has 8 heteroatoms. The van der Waals surface area contributed by atoms with Gasteiger partial charge in [0.05, 0.1) is 9.79 Å². The predicted molar refractivity (Wildman–Crippen MR) is 132 cm³/mol. The maximum atomic E-state index is 13.7. The number of hydrogen-bond donors (Lipinski definition) is 0. The molecule has 2 aromatic heterocycles. The third-order valence-corrected chi connectivity index (χ3v) is 10.8. The Hall–Kier alpha value is -3.36. The van der Waals surface area contributed by atoms with Crippen molar-refractivity contribution in [3.8, 4) is 22.3 Å². The van der Waals surface area contributed by atoms with Crippen LogP contribution in [0.4, 0.5) is 0 Å². The molecule has 0 saturated carbocycles. The first-order chi connectivity index (χ1) is 16.3. The number of nitrogens with zero attached hydrogens (tertiary/aromatic N) is 2. The van der Waals surface area contributed by atoms with Gasteiger partial charge in [0.2, 0.25) is 0 Å². The van der Waals surface area contributed by atoms with Gasteiger partial charge in [0.15, 0.2) is 24.3 Å². The largest absolute Gasteiger partial charge is 0.265 e. The van der Waals surface area contributed by atoms with Crippen LogP contribution in [-0.4, -0.2) is 31.4 Å². The quantitative estimate of drug-likeness (QED) is 0.336. The van der Waals surface area contributed by atoms with Gasteiger partial charge in [0.1, 0.15) is 0 Å². The van der Waals surface area contributed by atoms with Crippen molar-refractivity contribution in [1.82, 2.24) is 9.97 Å². The summed E-state index contributed by atoms with van der Waals surface area (Å²) in [6, 6.07) is 19.9. The normalized spacial score (nSPS) is 12.1. The minimum Gasteiger partial charge on any atom is -0.265 e. The highest BCUT2D eigenvalue weighted by atomic mass is 32.3. The van der Waals surface area contributed by atoms with Crippen LogP contribution in [0.1, 0.15) is 19.8 Å². The molecule has 174 valence electrons. The molecule has 0 atom stereocenters. The van der Waals surface area contributed by atoms with E-state index >= 15 is 0 Å². The highest BCUT2D eigenvalue weighted by Gasteiger charge is 2.39. The Morgan fingerprint density at radius 1 is 0.618 bits per heavy atom. The molecule has 0 aliphatic rings. The number of sulfone groups is 2. The lowest BCUT2D eigenvalue weighted by Crippen LogP contribution is -2.30. The highest BCUT2D eigenvalue weighted by Crippen LogP contribution is 2.32. The molecule has 0 unspecified atom stereocenters. The van der Waals surface area contributed by atoms with Gasteiger partial charge in [-0.25, -0.2) is 16.8 Å². The van der Waals surface area contributed by atoms with Gasteiger partial charge in [-0.2, -0.15) is 0 Å². The Bertz CT molecular complexity index is 1380. The monoisotopic (exact) mass is 492 g/mol. The van der Waals surface area contributed by atoms with Gasteiger partial charge in [-0.3, -0.25) is 9.97 Å². The molecular weight excluding hydrogens is 468 g/mol. The van der Waals surface area contributed by atoms with Gasteiger partial charge in [-0.05, 0) is 77.2 Å². The van der Waals surface area contributed by atoms with Crippen molar-refractivity contribution >= 4 is 19.7 Å². The van der Waals surface area contributed by atoms with Gasteiger partial charge in [0, 0.05) is 24.8 Å². The van der Waals surface area contributed by atoms with E-state index in [0.29, 0.717) is 17.5 Å². The van der Waals surface area contributed by atoms with Crippen LogP contribution in [0.25, 0.3) is 22.3 Å². The Labute approximate surface area is 200 Å². The summed E-state index contributed by atoms with van der Waals surface area (Å²) in [5.74, 6) is 0. The molecule has 4 rings (SSSR count). The second-order valence-corrected chi connectivity index (χ2v) is 12.4. The molecule has 2 aromatic carbocycles. The molecule has 4 aromatic rings. The highest BCUT2D eigenvalue weighted by molar-refractivity contribution is 8.09. The average molecular weight is 493 g/mol. The van der Waals surface area contributed by atoms with E-state index in [2.05, 4.69) is 9.97 Å². The zero-order valence-electron chi connectivity index (χ0n) is 18.6. The molecule has 0 saturated heterocycles. The molecule has 0 aliphatic carbocycles. The van der Waals surface area contributed by atoms with E-state index in [1.54, 1.807) is 80.2 Å². The molecule has 0 aliphatic heterocycles. The van der Waals surface area contributed by atoms with Crippen molar-refractivity contribution in [3.05, 3.63) is 97.6 Å². The summed E-state index contributed by atoms with van der Waals surface area (Å²) in [5, 5.41) is 0. The zero-order chi connectivity index (χ0) is 24.2. The number of rotatable bonds is 8. The van der Waals surface area contributed by atoms with Gasteiger partial charge >= 0.3 is 0 Å². The van der Waals surface area contributed by atoms with E-state index in [-0.39, 0.29) is 16.2 Å². The zero-order valence-corrected chi connectivity index (χ0v) is 20.2. The number of benzene rings is 2. The standard InChI is InChI=1S/C26H24N2O4S2/c1-2-5-26(33(29,30)24-8-3-6-22(18-24)20-10-14-27-15-11-20)34(31,32)25-9-4-7-23(19-25)21-12-16-28-17-13-21/h3-4,6-19,26H,2,5H2,1H3. The SMILES string of the molecule is CCCC(S(=O)(=O)c1cccc(-c2ccncc2)c1)S(=O)(=O)c1cccc(-c2ccncc2)c1. The summed E-state index contributed by atoms with van der Waals surface area (Å²) in [6.07, 6.45) is 6.88. The first kappa shape index (κ1) is 23.8. The fourth-order valence-corrected chi connectivity index (χ4v) is 8.63. The van der Waals surface area contributed by atoms with Crippen LogP contribution in [0.2, 0.25) is 0 Å². The van der Waals surface area contributed by atoms with Crippen molar-refractivity contribution in [2.75, 3.05) is 0 Å². The Morgan fingerprint density at radius 3 is 1.41 bits per heavy atom. The Balaban J connectivity index is 1.77. The number of pyridine rings is 2. The van der Waals surface area contributed by atoms with Crippen molar-refractivity contribution in [2.45, 2.75) is 34.1 Å². The van der Waals surface area contributed by atoms with Crippen molar-refractivity contribution < 1.29 is 16.8 Å². The maximum absolute atomic E-state index is 13.7. The summed E-state index contributed by atoms with van der Waals surface area (Å²) in [7, 11) is -8.38. The van der Waals surface area contributed by atoms with Crippen LogP contribution >= 0.6 is 0 Å². The molecule has 0 fully saturated rings. The van der Waals surface area contributed by atoms with Crippen molar-refractivity contribution in [2.24, 2.45) is 0 Å². The molecular formula is C26H24N2O4S2. The van der Waals surface area contributed by atoms with Crippen LogP contribution in [0, 0.1) is 0 Å². The molecule has 0 bridgehead atoms. The number of aromatic nitrogens is 2. The molecule has 34 heavy (non-hydrogen) atoms. The Kier molecular flexibility index (Phi) is 6.90. The summed E-state index contributed by atoms with van der Waals surface area (Å²) in [5.41, 5.74) is 2.95. The third-order valence-electron chi connectivity index (χ3n) is 5.57. The van der Waals surface area contributed by atoms with E-state index in [1.165, 1.54) is 24.3 Å². The molecule has 2 heterocycles. The van der Waals surface area contributed by atoms with E-state index in [4.69, 9.17) is 0 Å². The van der Waals surface area contributed by atoms with Crippen LogP contribution in [0.3, 0.4) is 0 Å². The lowest BCUT2D eigenvalue weighted by Gasteiger charge is -2.19. The minimum absolute atomic E-state index is 0.0103. The molecule has 0 N–H and O–H groups in total. The van der Waals surface area contributed by atoms with Gasteiger partial charge in [-0.15, -0.1) is 0 Å². The second kappa shape index (κ2) is 9.87. The summed E-state index contributed by atoms with van der Waals surface area (Å²) in [6.45, 7) is 1.78. The summed E-state index contributed by atoms with van der Waals surface area (Å²) in [4.78, 5) is 7.94. The first-order valence-electron chi connectivity index (χ1n) is 10.8. The van der Waals surface area contributed by atoms with E-state index in [9.17, 15) is 16.8 Å². The summed E-state index contributed by atoms with van der Waals surface area (Å²) >= 11 is 0. The molecule has 0 spiro atoms. The lowest BCUT2D eigenvalue weighted by atomic mass is 10.1. The van der Waals surface area contributed by atoms with Crippen molar-refractivity contribution in [3.63, 3.8) is 0 Å². The first-order valence-corrected chi connectivity index (χ1v) is 13.9. The maximum Gasteiger partial charge on any atom is 0.195 e. The third kappa shape index (κ3) is 4.78. The number of hydrogen-bond acceptors (Lipinski definition) is 6. The predicted octanol–water partition coefficient (Wildman–Crippen LogP) is 5.18. The van der Waals surface area contributed by atoms with Gasteiger partial charge in [0.25, 0.3) is 0 Å². The second-order valence-electron chi connectivity index (χ2n) is 7.84. The average Bonchev–Trinajstić information content (AvgIpc) is 2.88. The van der Waals surface area contributed by atoms with Gasteiger partial charge < -0.3 is 0 Å². The van der Waals surface area contributed by atoms with E-state index < -0.39 is 24.3 Å². The van der Waals surface area contributed by atoms with Crippen LogP contribution in [0.15, 0.2) is 107 Å². The van der Waals surface area contributed by atoms with Crippen molar-refractivity contribution in [1.29, 1.82) is 0 Å². The summed E-state index contributed by atoms with van der Waals surface area (Å²) < 4.78 is 53.1. The van der Waals surface area contributed by atoms with E-state index in [0.717, 1.165) is 11.1 Å². The molecule has 0 radical (unpaired) electrons. The van der Waals surface area contributed by atoms with Crippen LogP contribution in [-0.2, 0) is 19.7 Å².